The van der Waals surface area contributed by atoms with Gasteiger partial charge >= 0.3 is 0 Å². The predicted octanol–water partition coefficient (Wildman–Crippen LogP) is 5.09. The van der Waals surface area contributed by atoms with E-state index in [0.29, 0.717) is 6.42 Å². The molecule has 0 saturated carbocycles. The Morgan fingerprint density at radius 2 is 2.00 bits per heavy atom. The largest absolute Gasteiger partial charge is 0.387 e. The Morgan fingerprint density at radius 3 is 2.81 bits per heavy atom. The highest BCUT2D eigenvalue weighted by atomic mass is 35.5. The molecule has 1 aromatic carbocycles. The van der Waals surface area contributed by atoms with E-state index in [4.69, 9.17) is 11.6 Å². The number of aliphatic hydroxyl groups excluding tert-OH is 1. The first-order valence-electron chi connectivity index (χ1n) is 7.37. The highest BCUT2D eigenvalue weighted by molar-refractivity contribution is 7.12. The summed E-state index contributed by atoms with van der Waals surface area (Å²) in [7, 11) is 0. The molecule has 0 fully saturated rings. The van der Waals surface area contributed by atoms with Crippen LogP contribution in [-0.2, 0) is 19.3 Å². The Hall–Kier alpha value is -0.900. The molecule has 1 atom stereocenters. The second-order valence-corrected chi connectivity index (χ2v) is 7.20. The molecule has 4 heteroatoms. The van der Waals surface area contributed by atoms with E-state index in [9.17, 15) is 9.50 Å². The summed E-state index contributed by atoms with van der Waals surface area (Å²) < 4.78 is 13.5. The number of thiophene rings is 1. The van der Waals surface area contributed by atoms with E-state index in [0.717, 1.165) is 23.3 Å². The summed E-state index contributed by atoms with van der Waals surface area (Å²) >= 11 is 7.40. The van der Waals surface area contributed by atoms with Crippen LogP contribution >= 0.6 is 22.9 Å². The lowest BCUT2D eigenvalue weighted by Crippen LogP contribution is -2.00. The summed E-state index contributed by atoms with van der Waals surface area (Å²) in [6.07, 6.45) is 5.88. The maximum absolute atomic E-state index is 13.5. The summed E-state index contributed by atoms with van der Waals surface area (Å²) in [6, 6.07) is 6.86. The minimum Gasteiger partial charge on any atom is -0.387 e. The molecule has 1 unspecified atom stereocenters. The third kappa shape index (κ3) is 3.47. The van der Waals surface area contributed by atoms with E-state index in [1.54, 1.807) is 23.5 Å². The summed E-state index contributed by atoms with van der Waals surface area (Å²) in [4.78, 5) is 2.42. The molecule has 1 heterocycles. The summed E-state index contributed by atoms with van der Waals surface area (Å²) in [6.45, 7) is 0. The van der Waals surface area contributed by atoms with Gasteiger partial charge in [0.25, 0.3) is 0 Å². The Kier molecular flexibility index (Phi) is 4.63. The van der Waals surface area contributed by atoms with Crippen molar-refractivity contribution in [1.29, 1.82) is 0 Å². The third-order valence-electron chi connectivity index (χ3n) is 4.01. The summed E-state index contributed by atoms with van der Waals surface area (Å²) in [5.74, 6) is -0.427. The molecule has 0 radical (unpaired) electrons. The van der Waals surface area contributed by atoms with Gasteiger partial charge in [-0.15, -0.1) is 11.3 Å². The molecule has 1 aliphatic carbocycles. The molecule has 2 aromatic rings. The average molecular weight is 325 g/mol. The minimum atomic E-state index is -0.567. The standard InChI is InChI=1S/C17H18ClFOS/c18-13-7-6-11(8-14(13)19)9-15(20)17-10-12-4-2-1-3-5-16(12)21-17/h6-8,10,15,20H,1-5,9H2. The van der Waals surface area contributed by atoms with Gasteiger partial charge in [-0.3, -0.25) is 0 Å². The molecule has 112 valence electrons. The minimum absolute atomic E-state index is 0.121. The molecule has 1 N–H and O–H groups in total. The lowest BCUT2D eigenvalue weighted by molar-refractivity contribution is 0.182. The first-order chi connectivity index (χ1) is 10.1. The van der Waals surface area contributed by atoms with Crippen LogP contribution in [0.4, 0.5) is 4.39 Å². The number of hydrogen-bond acceptors (Lipinski definition) is 2. The van der Waals surface area contributed by atoms with E-state index in [1.165, 1.54) is 35.8 Å². The second kappa shape index (κ2) is 6.47. The molecule has 0 spiro atoms. The molecular formula is C17H18ClFOS. The summed E-state index contributed by atoms with van der Waals surface area (Å²) in [5.41, 5.74) is 2.17. The van der Waals surface area contributed by atoms with Crippen molar-refractivity contribution in [2.45, 2.75) is 44.6 Å². The van der Waals surface area contributed by atoms with Crippen molar-refractivity contribution in [3.63, 3.8) is 0 Å². The van der Waals surface area contributed by atoms with Gasteiger partial charge < -0.3 is 5.11 Å². The fraction of sp³-hybridized carbons (Fsp3) is 0.412. The molecule has 1 nitrogen and oxygen atoms in total. The van der Waals surface area contributed by atoms with E-state index >= 15 is 0 Å². The molecular weight excluding hydrogens is 307 g/mol. The first kappa shape index (κ1) is 15.0. The van der Waals surface area contributed by atoms with Crippen molar-refractivity contribution >= 4 is 22.9 Å². The molecule has 3 rings (SSSR count). The van der Waals surface area contributed by atoms with E-state index in [-0.39, 0.29) is 5.02 Å². The smallest absolute Gasteiger partial charge is 0.142 e. The lowest BCUT2D eigenvalue weighted by atomic mass is 10.1. The van der Waals surface area contributed by atoms with Gasteiger partial charge in [0.1, 0.15) is 5.82 Å². The SMILES string of the molecule is OC(Cc1ccc(Cl)c(F)c1)c1cc2c(s1)CCCCC2. The molecule has 0 saturated heterocycles. The van der Waals surface area contributed by atoms with E-state index < -0.39 is 11.9 Å². The maximum atomic E-state index is 13.5. The van der Waals surface area contributed by atoms with Crippen LogP contribution in [-0.4, -0.2) is 5.11 Å². The summed E-state index contributed by atoms with van der Waals surface area (Å²) in [5, 5.41) is 10.5. The molecule has 1 aromatic heterocycles. The second-order valence-electron chi connectivity index (χ2n) is 5.63. The van der Waals surface area contributed by atoms with Crippen molar-refractivity contribution in [2.24, 2.45) is 0 Å². The van der Waals surface area contributed by atoms with E-state index in [2.05, 4.69) is 6.07 Å². The number of halogens is 2. The number of fused-ring (bicyclic) bond motifs is 1. The first-order valence-corrected chi connectivity index (χ1v) is 8.56. The zero-order valence-corrected chi connectivity index (χ0v) is 13.3. The van der Waals surface area contributed by atoms with Gasteiger partial charge in [-0.2, -0.15) is 0 Å². The topological polar surface area (TPSA) is 20.2 Å². The van der Waals surface area contributed by atoms with Gasteiger partial charge in [0, 0.05) is 16.2 Å². The van der Waals surface area contributed by atoms with Gasteiger partial charge in [0.2, 0.25) is 0 Å². The zero-order chi connectivity index (χ0) is 14.8. The van der Waals surface area contributed by atoms with Crippen molar-refractivity contribution < 1.29 is 9.50 Å². The third-order valence-corrected chi connectivity index (χ3v) is 5.65. The number of hydrogen-bond donors (Lipinski definition) is 1. The normalized spacial score (nSPS) is 16.3. The van der Waals surface area contributed by atoms with Crippen LogP contribution in [0.15, 0.2) is 24.3 Å². The highest BCUT2D eigenvalue weighted by Gasteiger charge is 2.17. The molecule has 0 bridgehead atoms. The monoisotopic (exact) mass is 324 g/mol. The molecule has 0 amide bonds. The van der Waals surface area contributed by atoms with Gasteiger partial charge in [-0.25, -0.2) is 4.39 Å². The van der Waals surface area contributed by atoms with Gasteiger partial charge in [0.05, 0.1) is 11.1 Å². The lowest BCUT2D eigenvalue weighted by Gasteiger charge is -2.09. The van der Waals surface area contributed by atoms with Crippen LogP contribution in [0.3, 0.4) is 0 Å². The molecule has 0 aliphatic heterocycles. The Morgan fingerprint density at radius 1 is 1.19 bits per heavy atom. The fourth-order valence-corrected chi connectivity index (χ4v) is 4.21. The van der Waals surface area contributed by atoms with Crippen LogP contribution in [0.25, 0.3) is 0 Å². The van der Waals surface area contributed by atoms with Crippen LogP contribution in [0.5, 0.6) is 0 Å². The molecule has 21 heavy (non-hydrogen) atoms. The van der Waals surface area contributed by atoms with Crippen molar-refractivity contribution in [3.05, 3.63) is 56.0 Å². The van der Waals surface area contributed by atoms with Gasteiger partial charge in [-0.1, -0.05) is 24.1 Å². The van der Waals surface area contributed by atoms with Gasteiger partial charge in [-0.05, 0) is 55.0 Å². The number of rotatable bonds is 3. The van der Waals surface area contributed by atoms with Crippen molar-refractivity contribution in [1.82, 2.24) is 0 Å². The number of aryl methyl sites for hydroxylation is 2. The maximum Gasteiger partial charge on any atom is 0.142 e. The van der Waals surface area contributed by atoms with Crippen molar-refractivity contribution in [3.8, 4) is 0 Å². The highest BCUT2D eigenvalue weighted by Crippen LogP contribution is 2.33. The number of benzene rings is 1. The number of aliphatic hydroxyl groups is 1. The van der Waals surface area contributed by atoms with Crippen LogP contribution < -0.4 is 0 Å². The predicted molar refractivity (Wildman–Crippen MR) is 85.7 cm³/mol. The Labute approximate surface area is 133 Å². The Bertz CT molecular complexity index is 614. The zero-order valence-electron chi connectivity index (χ0n) is 11.7. The quantitative estimate of drug-likeness (QED) is 0.780. The Balaban J connectivity index is 1.75. The molecule has 1 aliphatic rings. The van der Waals surface area contributed by atoms with Crippen LogP contribution in [0, 0.1) is 5.82 Å². The van der Waals surface area contributed by atoms with E-state index in [1.807, 2.05) is 0 Å². The van der Waals surface area contributed by atoms with Crippen LogP contribution in [0.1, 0.15) is 46.2 Å². The average Bonchev–Trinajstić information content (AvgIpc) is 2.74. The van der Waals surface area contributed by atoms with Crippen LogP contribution in [0.2, 0.25) is 5.02 Å². The van der Waals surface area contributed by atoms with Crippen molar-refractivity contribution in [2.75, 3.05) is 0 Å². The fourth-order valence-electron chi connectivity index (χ4n) is 2.85. The van der Waals surface area contributed by atoms with Gasteiger partial charge in [0.15, 0.2) is 0 Å².